The van der Waals surface area contributed by atoms with Crippen molar-refractivity contribution in [2.75, 3.05) is 0 Å². The van der Waals surface area contributed by atoms with Crippen molar-refractivity contribution < 1.29 is 0 Å². The number of aromatic nitrogens is 6. The van der Waals surface area contributed by atoms with Crippen LogP contribution in [0.2, 0.25) is 0 Å². The maximum Gasteiger partial charge on any atom is 0.149 e. The van der Waals surface area contributed by atoms with Gasteiger partial charge in [-0.15, -0.1) is 11.3 Å². The first-order valence-electron chi connectivity index (χ1n) is 5.64. The molecule has 7 heteroatoms. The first-order valence-corrected chi connectivity index (χ1v) is 6.52. The van der Waals surface area contributed by atoms with E-state index in [0.29, 0.717) is 0 Å². The average molecular weight is 268 g/mol. The second-order valence-corrected chi connectivity index (χ2v) is 4.86. The van der Waals surface area contributed by atoms with Crippen LogP contribution in [0.5, 0.6) is 0 Å². The molecule has 0 aliphatic carbocycles. The fourth-order valence-corrected chi connectivity index (χ4v) is 2.55. The number of nitrogens with zero attached hydrogens (tertiary/aromatic N) is 5. The number of thiazole rings is 1. The molecule has 0 amide bonds. The molecule has 0 unspecified atom stereocenters. The highest BCUT2D eigenvalue weighted by molar-refractivity contribution is 7.13. The Hall–Kier alpha value is -2.54. The molecule has 0 radical (unpaired) electrons. The van der Waals surface area contributed by atoms with E-state index < -0.39 is 0 Å². The molecule has 19 heavy (non-hydrogen) atoms. The molecule has 6 nitrogen and oxygen atoms in total. The molecular formula is C12H8N6S. The van der Waals surface area contributed by atoms with E-state index in [1.807, 2.05) is 29.1 Å². The summed E-state index contributed by atoms with van der Waals surface area (Å²) in [5, 5.41) is 6.78. The van der Waals surface area contributed by atoms with E-state index in [1.54, 1.807) is 29.2 Å². The molecule has 1 N–H and O–H groups in total. The van der Waals surface area contributed by atoms with Crippen molar-refractivity contribution in [1.29, 1.82) is 0 Å². The van der Waals surface area contributed by atoms with Gasteiger partial charge in [0.15, 0.2) is 0 Å². The Morgan fingerprint density at radius 1 is 1.26 bits per heavy atom. The van der Waals surface area contributed by atoms with Crippen LogP contribution in [0.15, 0.2) is 42.6 Å². The van der Waals surface area contributed by atoms with Crippen molar-refractivity contribution in [3.8, 4) is 22.0 Å². The minimum Gasteiger partial charge on any atom is -0.285 e. The molecule has 0 aliphatic heterocycles. The third kappa shape index (κ3) is 1.63. The van der Waals surface area contributed by atoms with Gasteiger partial charge in [0.2, 0.25) is 0 Å². The molecule has 0 atom stereocenters. The standard InChI is InChI=1S/C12H8N6S/c1-2-18-11(14-1)3-9(10-6-13-7-19-10)17-12(18)8-4-15-16-5-8/h1-7H,(H,15,16). The molecule has 4 aromatic rings. The molecule has 0 fully saturated rings. The summed E-state index contributed by atoms with van der Waals surface area (Å²) in [6.07, 6.45) is 9.03. The largest absolute Gasteiger partial charge is 0.285 e. The third-order valence-electron chi connectivity index (χ3n) is 2.83. The Balaban J connectivity index is 2.03. The molecular weight excluding hydrogens is 260 g/mol. The van der Waals surface area contributed by atoms with Crippen LogP contribution in [0.3, 0.4) is 0 Å². The maximum absolute atomic E-state index is 4.69. The summed E-state index contributed by atoms with van der Waals surface area (Å²) in [6.45, 7) is 0. The lowest BCUT2D eigenvalue weighted by molar-refractivity contribution is 1.09. The summed E-state index contributed by atoms with van der Waals surface area (Å²) in [6, 6.07) is 1.96. The number of hydrogen-bond donors (Lipinski definition) is 1. The number of hydrogen-bond acceptors (Lipinski definition) is 5. The Morgan fingerprint density at radius 3 is 3.05 bits per heavy atom. The fourth-order valence-electron chi connectivity index (χ4n) is 1.97. The van der Waals surface area contributed by atoms with Crippen molar-refractivity contribution in [3.05, 3.63) is 42.6 Å². The van der Waals surface area contributed by atoms with Crippen LogP contribution in [0.25, 0.3) is 27.6 Å². The molecule has 0 spiro atoms. The van der Waals surface area contributed by atoms with E-state index >= 15 is 0 Å². The third-order valence-corrected chi connectivity index (χ3v) is 3.63. The highest BCUT2D eigenvalue weighted by Gasteiger charge is 2.11. The highest BCUT2D eigenvalue weighted by Crippen LogP contribution is 2.26. The quantitative estimate of drug-likeness (QED) is 0.605. The van der Waals surface area contributed by atoms with Crippen LogP contribution in [0.1, 0.15) is 0 Å². The van der Waals surface area contributed by atoms with Crippen LogP contribution < -0.4 is 0 Å². The summed E-state index contributed by atoms with van der Waals surface area (Å²) in [5.41, 5.74) is 4.45. The van der Waals surface area contributed by atoms with Gasteiger partial charge in [0, 0.05) is 30.9 Å². The van der Waals surface area contributed by atoms with Crippen LogP contribution in [0.4, 0.5) is 0 Å². The Kier molecular flexibility index (Phi) is 2.18. The molecule has 92 valence electrons. The lowest BCUT2D eigenvalue weighted by atomic mass is 10.3. The predicted molar refractivity (Wildman–Crippen MR) is 71.7 cm³/mol. The van der Waals surface area contributed by atoms with Gasteiger partial charge in [0.05, 0.1) is 27.8 Å². The van der Waals surface area contributed by atoms with Gasteiger partial charge in [0.1, 0.15) is 11.5 Å². The zero-order chi connectivity index (χ0) is 12.7. The minimum atomic E-state index is 0.812. The van der Waals surface area contributed by atoms with Crippen LogP contribution in [-0.2, 0) is 0 Å². The molecule has 0 saturated carbocycles. The second kappa shape index (κ2) is 3.99. The van der Waals surface area contributed by atoms with Gasteiger partial charge >= 0.3 is 0 Å². The van der Waals surface area contributed by atoms with Gasteiger partial charge in [-0.3, -0.25) is 14.5 Å². The van der Waals surface area contributed by atoms with Crippen LogP contribution in [0, 0.1) is 0 Å². The summed E-state index contributed by atoms with van der Waals surface area (Å²) in [5.74, 6) is 0.812. The predicted octanol–water partition coefficient (Wildman–Crippen LogP) is 2.24. The highest BCUT2D eigenvalue weighted by atomic mass is 32.1. The lowest BCUT2D eigenvalue weighted by Gasteiger charge is -2.05. The number of imidazole rings is 1. The molecule has 4 rings (SSSR count). The topological polar surface area (TPSA) is 71.8 Å². The molecule has 0 bridgehead atoms. The smallest absolute Gasteiger partial charge is 0.149 e. The van der Waals surface area contributed by atoms with E-state index in [9.17, 15) is 0 Å². The summed E-state index contributed by atoms with van der Waals surface area (Å²) in [4.78, 5) is 14.1. The van der Waals surface area contributed by atoms with Gasteiger partial charge < -0.3 is 0 Å². The SMILES string of the molecule is c1cn2c(-c3cn[nH]c3)nc(-c3cncs3)cc2n1. The van der Waals surface area contributed by atoms with Gasteiger partial charge in [-0.1, -0.05) is 0 Å². The summed E-state index contributed by atoms with van der Waals surface area (Å²) >= 11 is 1.56. The van der Waals surface area contributed by atoms with Gasteiger partial charge in [-0.25, -0.2) is 9.97 Å². The Labute approximate surface area is 111 Å². The minimum absolute atomic E-state index is 0.812. The number of aromatic amines is 1. The average Bonchev–Trinajstić information content (AvgIpc) is 3.18. The van der Waals surface area contributed by atoms with Crippen molar-refractivity contribution in [1.82, 2.24) is 29.5 Å². The van der Waals surface area contributed by atoms with Crippen molar-refractivity contribution in [2.24, 2.45) is 0 Å². The van der Waals surface area contributed by atoms with Gasteiger partial charge in [-0.05, 0) is 0 Å². The molecule has 0 aromatic carbocycles. The maximum atomic E-state index is 4.69. The van der Waals surface area contributed by atoms with Crippen LogP contribution in [-0.4, -0.2) is 29.5 Å². The fraction of sp³-hybridized carbons (Fsp3) is 0. The first-order chi connectivity index (χ1) is 9.42. The summed E-state index contributed by atoms with van der Waals surface area (Å²) in [7, 11) is 0. The second-order valence-electron chi connectivity index (χ2n) is 3.97. The van der Waals surface area contributed by atoms with Crippen LogP contribution >= 0.6 is 11.3 Å². The molecule has 0 saturated heterocycles. The van der Waals surface area contributed by atoms with E-state index in [2.05, 4.69) is 20.2 Å². The van der Waals surface area contributed by atoms with Gasteiger partial charge in [0.25, 0.3) is 0 Å². The van der Waals surface area contributed by atoms with E-state index in [0.717, 1.165) is 27.6 Å². The normalized spacial score (nSPS) is 11.2. The molecule has 4 heterocycles. The Morgan fingerprint density at radius 2 is 2.26 bits per heavy atom. The zero-order valence-corrected chi connectivity index (χ0v) is 10.5. The Bertz CT molecular complexity index is 815. The summed E-state index contributed by atoms with van der Waals surface area (Å²) < 4.78 is 1.94. The van der Waals surface area contributed by atoms with E-state index in [-0.39, 0.29) is 0 Å². The zero-order valence-electron chi connectivity index (χ0n) is 9.69. The molecule has 0 aliphatic rings. The number of rotatable bonds is 2. The first kappa shape index (κ1) is 10.4. The van der Waals surface area contributed by atoms with Crippen molar-refractivity contribution in [3.63, 3.8) is 0 Å². The van der Waals surface area contributed by atoms with E-state index in [4.69, 9.17) is 4.98 Å². The van der Waals surface area contributed by atoms with Crippen molar-refractivity contribution in [2.45, 2.75) is 0 Å². The number of nitrogens with one attached hydrogen (secondary N) is 1. The van der Waals surface area contributed by atoms with Gasteiger partial charge in [-0.2, -0.15) is 5.10 Å². The van der Waals surface area contributed by atoms with E-state index in [1.165, 1.54) is 0 Å². The van der Waals surface area contributed by atoms with Crippen molar-refractivity contribution >= 4 is 17.0 Å². The number of H-pyrrole nitrogens is 1. The monoisotopic (exact) mass is 268 g/mol. The number of fused-ring (bicyclic) bond motifs is 1. The molecule has 4 aromatic heterocycles. The lowest BCUT2D eigenvalue weighted by Crippen LogP contribution is -1.96.